The number of aromatic amines is 1. The highest BCUT2D eigenvalue weighted by molar-refractivity contribution is 6.37. The summed E-state index contributed by atoms with van der Waals surface area (Å²) >= 11 is 6.17. The second-order valence-corrected chi connectivity index (χ2v) is 5.88. The van der Waals surface area contributed by atoms with Crippen LogP contribution in [0.3, 0.4) is 0 Å². The maximum Gasteiger partial charge on any atom is 0.168 e. The molecule has 1 unspecified atom stereocenters. The molecule has 2 aromatic rings. The molecule has 0 aliphatic heterocycles. The van der Waals surface area contributed by atoms with Gasteiger partial charge in [0.25, 0.3) is 0 Å². The van der Waals surface area contributed by atoms with Gasteiger partial charge in [0.2, 0.25) is 0 Å². The Morgan fingerprint density at radius 2 is 2.18 bits per heavy atom. The van der Waals surface area contributed by atoms with E-state index in [0.29, 0.717) is 5.02 Å². The van der Waals surface area contributed by atoms with Crippen molar-refractivity contribution in [1.29, 1.82) is 0 Å². The topological polar surface area (TPSA) is 32.9 Å². The third-order valence-corrected chi connectivity index (χ3v) is 4.07. The molecule has 1 saturated carbocycles. The molecule has 0 amide bonds. The first-order valence-electron chi connectivity index (χ1n) is 5.80. The molecule has 1 heterocycles. The monoisotopic (exact) mass is 247 g/mol. The maximum absolute atomic E-state index is 12.4. The predicted octanol–water partition coefficient (Wildman–Crippen LogP) is 4.05. The first kappa shape index (κ1) is 10.8. The summed E-state index contributed by atoms with van der Waals surface area (Å²) in [4.78, 5) is 15.5. The quantitative estimate of drug-likeness (QED) is 0.798. The molecule has 0 radical (unpaired) electrons. The first-order valence-corrected chi connectivity index (χ1v) is 6.18. The number of carbonyl (C=O) groups is 1. The lowest BCUT2D eigenvalue weighted by Crippen LogP contribution is -2.05. The van der Waals surface area contributed by atoms with Crippen LogP contribution < -0.4 is 0 Å². The van der Waals surface area contributed by atoms with Crippen molar-refractivity contribution >= 4 is 28.3 Å². The van der Waals surface area contributed by atoms with Crippen LogP contribution in [0.25, 0.3) is 10.9 Å². The lowest BCUT2D eigenvalue weighted by atomic mass is 10.0. The van der Waals surface area contributed by atoms with E-state index >= 15 is 0 Å². The summed E-state index contributed by atoms with van der Waals surface area (Å²) in [6.07, 6.45) is 2.76. The molecule has 3 heteroatoms. The summed E-state index contributed by atoms with van der Waals surface area (Å²) in [5, 5.41) is 1.51. The Morgan fingerprint density at radius 1 is 1.47 bits per heavy atom. The number of aromatic nitrogens is 1. The van der Waals surface area contributed by atoms with Crippen molar-refractivity contribution in [1.82, 2.24) is 4.98 Å². The fourth-order valence-electron chi connectivity index (χ4n) is 2.44. The molecule has 0 spiro atoms. The zero-order chi connectivity index (χ0) is 12.2. The highest BCUT2D eigenvalue weighted by Crippen LogP contribution is 2.53. The molecular weight excluding hydrogens is 234 g/mol. The molecule has 1 aliphatic rings. The van der Waals surface area contributed by atoms with Gasteiger partial charge in [-0.15, -0.1) is 0 Å². The molecule has 1 N–H and O–H groups in total. The molecule has 17 heavy (non-hydrogen) atoms. The van der Waals surface area contributed by atoms with E-state index in [0.717, 1.165) is 22.9 Å². The fourth-order valence-corrected chi connectivity index (χ4v) is 2.71. The summed E-state index contributed by atoms with van der Waals surface area (Å²) in [6, 6.07) is 5.65. The van der Waals surface area contributed by atoms with E-state index in [1.165, 1.54) is 0 Å². The van der Waals surface area contributed by atoms with Gasteiger partial charge >= 0.3 is 0 Å². The SMILES string of the molecule is CC1(C)CC1C(=O)c1c[nH]c2cccc(Cl)c12. The molecule has 3 rings (SSSR count). The van der Waals surface area contributed by atoms with Crippen LogP contribution in [0.2, 0.25) is 5.02 Å². The van der Waals surface area contributed by atoms with Crippen LogP contribution in [0, 0.1) is 11.3 Å². The molecule has 1 aromatic carbocycles. The van der Waals surface area contributed by atoms with Crippen molar-refractivity contribution in [3.8, 4) is 0 Å². The van der Waals surface area contributed by atoms with Crippen molar-refractivity contribution < 1.29 is 4.79 Å². The third kappa shape index (κ3) is 1.59. The molecule has 0 saturated heterocycles. The Morgan fingerprint density at radius 3 is 2.82 bits per heavy atom. The van der Waals surface area contributed by atoms with E-state index in [-0.39, 0.29) is 17.1 Å². The predicted molar refractivity (Wildman–Crippen MR) is 69.5 cm³/mol. The summed E-state index contributed by atoms with van der Waals surface area (Å²) in [7, 11) is 0. The number of rotatable bonds is 2. The van der Waals surface area contributed by atoms with Gasteiger partial charge in [-0.05, 0) is 24.0 Å². The Hall–Kier alpha value is -1.28. The lowest BCUT2D eigenvalue weighted by Gasteiger charge is -2.02. The van der Waals surface area contributed by atoms with E-state index in [1.807, 2.05) is 18.2 Å². The number of carbonyl (C=O) groups excluding carboxylic acids is 1. The number of halogens is 1. The zero-order valence-corrected chi connectivity index (χ0v) is 10.6. The molecular formula is C14H14ClNO. The number of hydrogen-bond acceptors (Lipinski definition) is 1. The average molecular weight is 248 g/mol. The molecule has 2 nitrogen and oxygen atoms in total. The minimum atomic E-state index is 0.151. The van der Waals surface area contributed by atoms with Crippen LogP contribution in [-0.2, 0) is 0 Å². The summed E-state index contributed by atoms with van der Waals surface area (Å²) < 4.78 is 0. The second-order valence-electron chi connectivity index (χ2n) is 5.47. The van der Waals surface area contributed by atoms with Crippen molar-refractivity contribution in [3.05, 3.63) is 35.0 Å². The Labute approximate surface area is 105 Å². The van der Waals surface area contributed by atoms with E-state index in [9.17, 15) is 4.79 Å². The van der Waals surface area contributed by atoms with Gasteiger partial charge in [-0.2, -0.15) is 0 Å². The highest BCUT2D eigenvalue weighted by Gasteiger charge is 2.50. The van der Waals surface area contributed by atoms with E-state index in [4.69, 9.17) is 11.6 Å². The van der Waals surface area contributed by atoms with Crippen molar-refractivity contribution in [3.63, 3.8) is 0 Å². The number of Topliss-reactive ketones (excluding diaryl/α,β-unsaturated/α-hetero) is 1. The number of fused-ring (bicyclic) bond motifs is 1. The van der Waals surface area contributed by atoms with Crippen LogP contribution in [0.15, 0.2) is 24.4 Å². The summed E-state index contributed by atoms with van der Waals surface area (Å²) in [5.74, 6) is 0.368. The van der Waals surface area contributed by atoms with Crippen molar-refractivity contribution in [2.75, 3.05) is 0 Å². The van der Waals surface area contributed by atoms with Gasteiger partial charge < -0.3 is 4.98 Å². The van der Waals surface area contributed by atoms with Crippen LogP contribution in [0.1, 0.15) is 30.6 Å². The molecule has 1 aliphatic carbocycles. The second kappa shape index (κ2) is 3.36. The van der Waals surface area contributed by atoms with E-state index in [1.54, 1.807) is 6.20 Å². The summed E-state index contributed by atoms with van der Waals surface area (Å²) in [5.41, 5.74) is 1.82. The summed E-state index contributed by atoms with van der Waals surface area (Å²) in [6.45, 7) is 4.26. The normalized spacial score (nSPS) is 21.7. The molecule has 1 fully saturated rings. The molecule has 0 bridgehead atoms. The van der Waals surface area contributed by atoms with Gasteiger partial charge in [0.1, 0.15) is 0 Å². The number of ketones is 1. The first-order chi connectivity index (χ1) is 8.00. The minimum absolute atomic E-state index is 0.151. The highest BCUT2D eigenvalue weighted by atomic mass is 35.5. The largest absolute Gasteiger partial charge is 0.360 e. The van der Waals surface area contributed by atoms with Gasteiger partial charge in [-0.3, -0.25) is 4.79 Å². The van der Waals surface area contributed by atoms with Crippen molar-refractivity contribution in [2.24, 2.45) is 11.3 Å². The number of H-pyrrole nitrogens is 1. The van der Waals surface area contributed by atoms with Gasteiger partial charge in [-0.1, -0.05) is 31.5 Å². The van der Waals surface area contributed by atoms with Gasteiger partial charge in [0.15, 0.2) is 5.78 Å². The molecule has 88 valence electrons. The molecule has 1 aromatic heterocycles. The number of benzene rings is 1. The molecule has 1 atom stereocenters. The third-order valence-electron chi connectivity index (χ3n) is 3.75. The maximum atomic E-state index is 12.4. The fraction of sp³-hybridized carbons (Fsp3) is 0.357. The Balaban J connectivity index is 2.10. The van der Waals surface area contributed by atoms with Crippen LogP contribution in [0.4, 0.5) is 0 Å². The minimum Gasteiger partial charge on any atom is -0.360 e. The number of nitrogens with one attached hydrogen (secondary N) is 1. The van der Waals surface area contributed by atoms with Crippen LogP contribution in [-0.4, -0.2) is 10.8 Å². The average Bonchev–Trinajstić information content (AvgIpc) is 2.75. The van der Waals surface area contributed by atoms with Gasteiger partial charge in [0, 0.05) is 28.6 Å². The smallest absolute Gasteiger partial charge is 0.168 e. The van der Waals surface area contributed by atoms with Crippen LogP contribution >= 0.6 is 11.6 Å². The van der Waals surface area contributed by atoms with Crippen molar-refractivity contribution in [2.45, 2.75) is 20.3 Å². The zero-order valence-electron chi connectivity index (χ0n) is 9.88. The van der Waals surface area contributed by atoms with Gasteiger partial charge in [-0.25, -0.2) is 0 Å². The lowest BCUT2D eigenvalue weighted by molar-refractivity contribution is 0.0955. The Bertz CT molecular complexity index is 612. The van der Waals surface area contributed by atoms with E-state index in [2.05, 4.69) is 18.8 Å². The Kier molecular flexibility index (Phi) is 2.14. The standard InChI is InChI=1S/C14H14ClNO/c1-14(2)6-9(14)13(17)8-7-16-11-5-3-4-10(15)12(8)11/h3-5,7,9,16H,6H2,1-2H3. The number of hydrogen-bond donors (Lipinski definition) is 1. The van der Waals surface area contributed by atoms with Gasteiger partial charge in [0.05, 0.1) is 5.02 Å². The van der Waals surface area contributed by atoms with E-state index < -0.39 is 0 Å². The van der Waals surface area contributed by atoms with Crippen LogP contribution in [0.5, 0.6) is 0 Å².